The summed E-state index contributed by atoms with van der Waals surface area (Å²) in [7, 11) is 0. The zero-order chi connectivity index (χ0) is 14.9. The van der Waals surface area contributed by atoms with Gasteiger partial charge >= 0.3 is 6.18 Å². The van der Waals surface area contributed by atoms with Crippen LogP contribution in [0.3, 0.4) is 0 Å². The quantitative estimate of drug-likeness (QED) is 0.643. The molecule has 0 bridgehead atoms. The van der Waals surface area contributed by atoms with Crippen LogP contribution in [-0.2, 0) is 6.54 Å². The van der Waals surface area contributed by atoms with Gasteiger partial charge in [0.05, 0.1) is 23.3 Å². The molecule has 0 fully saturated rings. The Labute approximate surface area is 115 Å². The van der Waals surface area contributed by atoms with Gasteiger partial charge in [0.25, 0.3) is 5.78 Å². The van der Waals surface area contributed by atoms with Crippen LogP contribution in [0.15, 0.2) is 30.6 Å². The number of hydrogen-bond acceptors (Lipinski definition) is 2. The van der Waals surface area contributed by atoms with Gasteiger partial charge in [-0.1, -0.05) is 17.7 Å². The van der Waals surface area contributed by atoms with Crippen molar-refractivity contribution in [3.8, 4) is 0 Å². The number of alkyl halides is 3. The number of hydrogen-bond donors (Lipinski definition) is 0. The van der Waals surface area contributed by atoms with Crippen molar-refractivity contribution in [3.05, 3.63) is 52.6 Å². The van der Waals surface area contributed by atoms with Crippen LogP contribution in [0.25, 0.3) is 0 Å². The molecule has 1 aromatic heterocycles. The Bertz CT molecular complexity index is 651. The first-order valence-electron chi connectivity index (χ1n) is 5.35. The summed E-state index contributed by atoms with van der Waals surface area (Å²) in [4.78, 5) is 11.0. The molecule has 0 aliphatic rings. The highest BCUT2D eigenvalue weighted by atomic mass is 35.5. The summed E-state index contributed by atoms with van der Waals surface area (Å²) in [5.41, 5.74) is -0.00350. The number of carbonyl (C=O) groups is 1. The lowest BCUT2D eigenvalue weighted by molar-refractivity contribution is -0.0885. The molecule has 0 aliphatic carbocycles. The minimum absolute atomic E-state index is 0.0745. The maximum absolute atomic E-state index is 13.0. The molecular formula is C12H7ClF4N2O. The maximum Gasteiger partial charge on any atom is 0.454 e. The van der Waals surface area contributed by atoms with E-state index in [0.717, 1.165) is 23.1 Å². The fourth-order valence-electron chi connectivity index (χ4n) is 1.56. The molecule has 0 radical (unpaired) electrons. The molecule has 2 aromatic rings. The van der Waals surface area contributed by atoms with Crippen molar-refractivity contribution in [2.75, 3.05) is 0 Å². The molecule has 0 spiro atoms. The van der Waals surface area contributed by atoms with Crippen LogP contribution < -0.4 is 0 Å². The highest BCUT2D eigenvalue weighted by molar-refractivity contribution is 6.30. The van der Waals surface area contributed by atoms with Crippen molar-refractivity contribution in [2.45, 2.75) is 12.7 Å². The van der Waals surface area contributed by atoms with Gasteiger partial charge in [0.15, 0.2) is 0 Å². The summed E-state index contributed by atoms with van der Waals surface area (Å²) in [5.74, 6) is -2.55. The van der Waals surface area contributed by atoms with Crippen molar-refractivity contribution in [3.63, 3.8) is 0 Å². The predicted octanol–water partition coefficient (Wildman–Crippen LogP) is 3.47. The van der Waals surface area contributed by atoms with Gasteiger partial charge in [0, 0.05) is 6.20 Å². The molecular weight excluding hydrogens is 300 g/mol. The van der Waals surface area contributed by atoms with Crippen LogP contribution in [0.4, 0.5) is 17.6 Å². The highest BCUT2D eigenvalue weighted by Crippen LogP contribution is 2.21. The number of carbonyl (C=O) groups excluding carboxylic acids is 1. The third-order valence-electron chi connectivity index (χ3n) is 2.48. The fourth-order valence-corrected chi connectivity index (χ4v) is 1.76. The summed E-state index contributed by atoms with van der Waals surface area (Å²) in [6, 6.07) is 3.90. The van der Waals surface area contributed by atoms with E-state index in [0.29, 0.717) is 5.56 Å². The molecule has 0 unspecified atom stereocenters. The van der Waals surface area contributed by atoms with Gasteiger partial charge < -0.3 is 0 Å². The summed E-state index contributed by atoms with van der Waals surface area (Å²) in [6.07, 6.45) is -3.12. The van der Waals surface area contributed by atoms with Crippen LogP contribution >= 0.6 is 11.6 Å². The minimum atomic E-state index is -4.94. The standard InChI is InChI=1S/C12H7ClF4N2O/c13-9-3-7(1-2-10(9)14)5-19-6-8(4-18-19)11(20)12(15,16)17/h1-4,6H,5H2. The van der Waals surface area contributed by atoms with Gasteiger partial charge in [0.2, 0.25) is 0 Å². The molecule has 0 saturated carbocycles. The summed E-state index contributed by atoms with van der Waals surface area (Å²) >= 11 is 5.59. The lowest BCUT2D eigenvalue weighted by atomic mass is 10.2. The molecule has 0 saturated heterocycles. The SMILES string of the molecule is O=C(c1cnn(Cc2ccc(F)c(Cl)c2)c1)C(F)(F)F. The van der Waals surface area contributed by atoms with Gasteiger partial charge in [-0.05, 0) is 17.7 Å². The monoisotopic (exact) mass is 306 g/mol. The third kappa shape index (κ3) is 3.16. The van der Waals surface area contributed by atoms with Gasteiger partial charge in [-0.15, -0.1) is 0 Å². The van der Waals surface area contributed by atoms with Crippen LogP contribution in [0.2, 0.25) is 5.02 Å². The van der Waals surface area contributed by atoms with Gasteiger partial charge in [-0.25, -0.2) is 4.39 Å². The smallest absolute Gasteiger partial charge is 0.284 e. The van der Waals surface area contributed by atoms with E-state index in [4.69, 9.17) is 11.6 Å². The van der Waals surface area contributed by atoms with E-state index in [-0.39, 0.29) is 11.6 Å². The Balaban J connectivity index is 2.17. The molecule has 0 atom stereocenters. The van der Waals surface area contributed by atoms with Crippen LogP contribution in [0, 0.1) is 5.82 Å². The van der Waals surface area contributed by atoms with Gasteiger partial charge in [0.1, 0.15) is 5.82 Å². The number of aromatic nitrogens is 2. The number of nitrogens with zero attached hydrogens (tertiary/aromatic N) is 2. The van der Waals surface area contributed by atoms with Gasteiger partial charge in [-0.3, -0.25) is 9.48 Å². The van der Waals surface area contributed by atoms with Crippen molar-refractivity contribution in [1.29, 1.82) is 0 Å². The number of benzene rings is 1. The Morgan fingerprint density at radius 1 is 1.35 bits per heavy atom. The average molecular weight is 307 g/mol. The van der Waals surface area contributed by atoms with Crippen molar-refractivity contribution >= 4 is 17.4 Å². The molecule has 0 aliphatic heterocycles. The summed E-state index contributed by atoms with van der Waals surface area (Å²) in [6.45, 7) is 0.0745. The second-order valence-electron chi connectivity index (χ2n) is 4.00. The van der Waals surface area contributed by atoms with Crippen molar-refractivity contribution < 1.29 is 22.4 Å². The zero-order valence-corrected chi connectivity index (χ0v) is 10.5. The van der Waals surface area contributed by atoms with Crippen LogP contribution in [0.1, 0.15) is 15.9 Å². The first kappa shape index (κ1) is 14.5. The first-order chi connectivity index (χ1) is 9.27. The van der Waals surface area contributed by atoms with E-state index in [1.165, 1.54) is 12.1 Å². The molecule has 8 heteroatoms. The number of rotatable bonds is 3. The zero-order valence-electron chi connectivity index (χ0n) is 9.79. The lowest BCUT2D eigenvalue weighted by Gasteiger charge is -2.03. The Morgan fingerprint density at radius 2 is 2.05 bits per heavy atom. The van der Waals surface area contributed by atoms with Crippen LogP contribution in [0.5, 0.6) is 0 Å². The molecule has 2 rings (SSSR count). The predicted molar refractivity (Wildman–Crippen MR) is 63.1 cm³/mol. The lowest BCUT2D eigenvalue weighted by Crippen LogP contribution is -2.22. The highest BCUT2D eigenvalue weighted by Gasteiger charge is 2.39. The second-order valence-corrected chi connectivity index (χ2v) is 4.41. The van der Waals surface area contributed by atoms with Crippen molar-refractivity contribution in [1.82, 2.24) is 9.78 Å². The molecule has 106 valence electrons. The van der Waals surface area contributed by atoms with E-state index in [2.05, 4.69) is 5.10 Å². The maximum atomic E-state index is 13.0. The number of halogens is 5. The van der Waals surface area contributed by atoms with E-state index in [1.54, 1.807) is 0 Å². The summed E-state index contributed by atoms with van der Waals surface area (Å²) in [5, 5.41) is 3.56. The molecule has 3 nitrogen and oxygen atoms in total. The Hall–Kier alpha value is -1.89. The number of Topliss-reactive ketones (excluding diaryl/α,β-unsaturated/α-hetero) is 1. The molecule has 0 N–H and O–H groups in total. The minimum Gasteiger partial charge on any atom is -0.284 e. The molecule has 0 amide bonds. The molecule has 1 aromatic carbocycles. The topological polar surface area (TPSA) is 34.9 Å². The second kappa shape index (κ2) is 5.24. The van der Waals surface area contributed by atoms with Crippen LogP contribution in [-0.4, -0.2) is 21.7 Å². The Kier molecular flexibility index (Phi) is 3.80. The van der Waals surface area contributed by atoms with Gasteiger partial charge in [-0.2, -0.15) is 18.3 Å². The number of ketones is 1. The normalized spacial score (nSPS) is 11.7. The van der Waals surface area contributed by atoms with Crippen molar-refractivity contribution in [2.24, 2.45) is 0 Å². The van der Waals surface area contributed by atoms with E-state index in [9.17, 15) is 22.4 Å². The molecule has 1 heterocycles. The largest absolute Gasteiger partial charge is 0.454 e. The Morgan fingerprint density at radius 3 is 2.65 bits per heavy atom. The van der Waals surface area contributed by atoms with E-state index < -0.39 is 23.3 Å². The van der Waals surface area contributed by atoms with E-state index >= 15 is 0 Å². The fraction of sp³-hybridized carbons (Fsp3) is 0.167. The summed E-state index contributed by atoms with van der Waals surface area (Å²) < 4.78 is 50.8. The third-order valence-corrected chi connectivity index (χ3v) is 2.77. The van der Waals surface area contributed by atoms with E-state index in [1.807, 2.05) is 0 Å². The first-order valence-corrected chi connectivity index (χ1v) is 5.73. The molecule has 20 heavy (non-hydrogen) atoms. The average Bonchev–Trinajstić information content (AvgIpc) is 2.80.